The number of aromatic nitrogens is 4. The highest BCUT2D eigenvalue weighted by atomic mass is 32.2. The average molecular weight is 361 g/mol. The number of rotatable bonds is 5. The second-order valence-electron chi connectivity index (χ2n) is 6.19. The van der Waals surface area contributed by atoms with Gasteiger partial charge in [0.1, 0.15) is 0 Å². The molecule has 0 atom stereocenters. The molecule has 24 heavy (non-hydrogen) atoms. The third kappa shape index (κ3) is 3.02. The predicted molar refractivity (Wildman–Crippen MR) is 96.4 cm³/mol. The van der Waals surface area contributed by atoms with Gasteiger partial charge in [0.15, 0.2) is 11.0 Å². The average Bonchev–Trinajstić information content (AvgIpc) is 3.35. The van der Waals surface area contributed by atoms with Crippen molar-refractivity contribution in [1.29, 1.82) is 0 Å². The fourth-order valence-corrected chi connectivity index (χ4v) is 4.87. The van der Waals surface area contributed by atoms with Gasteiger partial charge in [-0.25, -0.2) is 4.98 Å². The summed E-state index contributed by atoms with van der Waals surface area (Å²) < 4.78 is 7.78. The van der Waals surface area contributed by atoms with E-state index in [0.717, 1.165) is 22.2 Å². The van der Waals surface area contributed by atoms with Gasteiger partial charge in [0.25, 0.3) is 5.89 Å². The van der Waals surface area contributed by atoms with Crippen LogP contribution in [0.4, 0.5) is 0 Å². The maximum absolute atomic E-state index is 5.36. The molecule has 5 nitrogen and oxygen atoms in total. The van der Waals surface area contributed by atoms with Crippen LogP contribution in [-0.4, -0.2) is 19.7 Å². The summed E-state index contributed by atoms with van der Waals surface area (Å²) in [5, 5.41) is 9.22. The van der Waals surface area contributed by atoms with Crippen molar-refractivity contribution >= 4 is 23.1 Å². The molecule has 7 heteroatoms. The zero-order chi connectivity index (χ0) is 16.5. The lowest BCUT2D eigenvalue weighted by Gasteiger charge is -2.16. The van der Waals surface area contributed by atoms with Gasteiger partial charge < -0.3 is 9.09 Å². The first kappa shape index (κ1) is 15.9. The third-order valence-corrected chi connectivity index (χ3v) is 6.24. The van der Waals surface area contributed by atoms with Gasteiger partial charge >= 0.3 is 0 Å². The van der Waals surface area contributed by atoms with Gasteiger partial charge in [0.05, 0.1) is 17.0 Å². The van der Waals surface area contributed by atoms with Gasteiger partial charge in [-0.2, -0.15) is 16.3 Å². The zero-order valence-electron chi connectivity index (χ0n) is 13.9. The minimum Gasteiger partial charge on any atom is -0.334 e. The van der Waals surface area contributed by atoms with Gasteiger partial charge in [-0.15, -0.1) is 0 Å². The molecule has 0 saturated heterocycles. The van der Waals surface area contributed by atoms with Crippen LogP contribution in [0.3, 0.4) is 0 Å². The van der Waals surface area contributed by atoms with Crippen molar-refractivity contribution in [1.82, 2.24) is 19.7 Å². The summed E-state index contributed by atoms with van der Waals surface area (Å²) in [6, 6.07) is 2.59. The molecule has 1 saturated carbocycles. The first-order chi connectivity index (χ1) is 11.7. The number of hydrogen-bond acceptors (Lipinski definition) is 6. The van der Waals surface area contributed by atoms with E-state index < -0.39 is 0 Å². The number of imidazole rings is 1. The van der Waals surface area contributed by atoms with Gasteiger partial charge in [0.2, 0.25) is 0 Å². The van der Waals surface area contributed by atoms with Crippen LogP contribution in [-0.2, 0) is 5.75 Å². The van der Waals surface area contributed by atoms with Crippen LogP contribution in [0, 0.1) is 13.8 Å². The molecule has 0 radical (unpaired) electrons. The van der Waals surface area contributed by atoms with Gasteiger partial charge in [0, 0.05) is 17.1 Å². The number of thiophene rings is 1. The van der Waals surface area contributed by atoms with Crippen molar-refractivity contribution in [3.63, 3.8) is 0 Å². The van der Waals surface area contributed by atoms with Gasteiger partial charge in [-0.3, -0.25) is 0 Å². The first-order valence-corrected chi connectivity index (χ1v) is 10.2. The van der Waals surface area contributed by atoms with E-state index in [-0.39, 0.29) is 0 Å². The fourth-order valence-electron chi connectivity index (χ4n) is 3.24. The van der Waals surface area contributed by atoms with Gasteiger partial charge in [-0.1, -0.05) is 29.8 Å². The Balaban J connectivity index is 1.51. The lowest BCUT2D eigenvalue weighted by atomic mass is 10.2. The van der Waals surface area contributed by atoms with Crippen LogP contribution >= 0.6 is 23.1 Å². The second kappa shape index (κ2) is 6.72. The van der Waals surface area contributed by atoms with Crippen molar-refractivity contribution in [2.45, 2.75) is 56.5 Å². The van der Waals surface area contributed by atoms with E-state index in [4.69, 9.17) is 9.51 Å². The van der Waals surface area contributed by atoms with Crippen LogP contribution in [0.1, 0.15) is 48.9 Å². The van der Waals surface area contributed by atoms with Gasteiger partial charge in [-0.05, 0) is 38.1 Å². The smallest absolute Gasteiger partial charge is 0.258 e. The maximum Gasteiger partial charge on any atom is 0.258 e. The Morgan fingerprint density at radius 2 is 2.12 bits per heavy atom. The maximum atomic E-state index is 5.36. The highest BCUT2D eigenvalue weighted by Gasteiger charge is 2.23. The molecule has 1 fully saturated rings. The highest BCUT2D eigenvalue weighted by Crippen LogP contribution is 2.36. The van der Waals surface area contributed by atoms with Crippen molar-refractivity contribution < 1.29 is 4.52 Å². The molecule has 4 rings (SSSR count). The Morgan fingerprint density at radius 3 is 2.88 bits per heavy atom. The summed E-state index contributed by atoms with van der Waals surface area (Å²) in [5.41, 5.74) is 3.40. The molecule has 0 unspecified atom stereocenters. The summed E-state index contributed by atoms with van der Waals surface area (Å²) in [4.78, 5) is 9.26. The molecule has 0 amide bonds. The molecule has 0 bridgehead atoms. The Kier molecular flexibility index (Phi) is 4.45. The Bertz CT molecular complexity index is 816. The van der Waals surface area contributed by atoms with E-state index in [1.165, 1.54) is 31.4 Å². The largest absolute Gasteiger partial charge is 0.334 e. The third-order valence-electron chi connectivity index (χ3n) is 4.61. The molecular formula is C17H20N4OS2. The Morgan fingerprint density at radius 1 is 1.29 bits per heavy atom. The van der Waals surface area contributed by atoms with E-state index in [0.29, 0.717) is 17.7 Å². The minimum absolute atomic E-state index is 0.596. The van der Waals surface area contributed by atoms with Crippen molar-refractivity contribution in [2.75, 3.05) is 0 Å². The van der Waals surface area contributed by atoms with E-state index in [2.05, 4.69) is 28.6 Å². The monoisotopic (exact) mass is 360 g/mol. The topological polar surface area (TPSA) is 56.7 Å². The summed E-state index contributed by atoms with van der Waals surface area (Å²) in [6.45, 7) is 4.27. The highest BCUT2D eigenvalue weighted by molar-refractivity contribution is 7.98. The summed E-state index contributed by atoms with van der Waals surface area (Å²) in [6.07, 6.45) is 5.16. The Hall–Kier alpha value is -1.60. The second-order valence-corrected chi connectivity index (χ2v) is 7.91. The molecule has 0 aromatic carbocycles. The standard InChI is InChI=1S/C17H20N4OS2/c1-11-12(2)21(14-5-3-4-6-14)17(18-11)24-10-15-19-16(22-20-15)13-7-8-23-9-13/h7-9,14H,3-6,10H2,1-2H3. The molecule has 3 heterocycles. The molecule has 0 spiro atoms. The number of hydrogen-bond donors (Lipinski definition) is 0. The van der Waals surface area contributed by atoms with Crippen LogP contribution < -0.4 is 0 Å². The SMILES string of the molecule is Cc1nc(SCc2noc(-c3ccsc3)n2)n(C2CCCC2)c1C. The number of thioether (sulfide) groups is 1. The number of nitrogens with zero attached hydrogens (tertiary/aromatic N) is 4. The summed E-state index contributed by atoms with van der Waals surface area (Å²) >= 11 is 3.33. The van der Waals surface area contributed by atoms with E-state index >= 15 is 0 Å². The van der Waals surface area contributed by atoms with Crippen molar-refractivity contribution in [2.24, 2.45) is 0 Å². The van der Waals surface area contributed by atoms with E-state index in [9.17, 15) is 0 Å². The molecule has 3 aromatic heterocycles. The number of aryl methyl sites for hydroxylation is 1. The molecule has 3 aromatic rings. The lowest BCUT2D eigenvalue weighted by molar-refractivity contribution is 0.425. The first-order valence-electron chi connectivity index (χ1n) is 8.26. The molecule has 0 N–H and O–H groups in total. The van der Waals surface area contributed by atoms with Crippen LogP contribution in [0.2, 0.25) is 0 Å². The van der Waals surface area contributed by atoms with Crippen LogP contribution in [0.25, 0.3) is 11.5 Å². The van der Waals surface area contributed by atoms with Crippen LogP contribution in [0.5, 0.6) is 0 Å². The fraction of sp³-hybridized carbons (Fsp3) is 0.471. The minimum atomic E-state index is 0.596. The molecule has 0 aliphatic heterocycles. The van der Waals surface area contributed by atoms with Crippen molar-refractivity contribution in [3.05, 3.63) is 34.0 Å². The predicted octanol–water partition coefficient (Wildman–Crippen LogP) is 5.02. The molecule has 126 valence electrons. The van der Waals surface area contributed by atoms with Crippen LogP contribution in [0.15, 0.2) is 26.5 Å². The molecule has 1 aliphatic carbocycles. The Labute approximate surface area is 149 Å². The van der Waals surface area contributed by atoms with Crippen molar-refractivity contribution in [3.8, 4) is 11.5 Å². The summed E-state index contributed by atoms with van der Waals surface area (Å²) in [5.74, 6) is 1.99. The van der Waals surface area contributed by atoms with E-state index in [1.54, 1.807) is 23.1 Å². The normalized spacial score (nSPS) is 15.4. The zero-order valence-corrected chi connectivity index (χ0v) is 15.5. The summed E-state index contributed by atoms with van der Waals surface area (Å²) in [7, 11) is 0. The lowest BCUT2D eigenvalue weighted by Crippen LogP contribution is -2.08. The van der Waals surface area contributed by atoms with E-state index in [1.807, 2.05) is 16.8 Å². The molecule has 1 aliphatic rings. The molecular weight excluding hydrogens is 340 g/mol. The quantitative estimate of drug-likeness (QED) is 0.598.